The van der Waals surface area contributed by atoms with E-state index in [1.165, 1.54) is 49.0 Å². The van der Waals surface area contributed by atoms with E-state index in [0.29, 0.717) is 0 Å². The fourth-order valence-electron chi connectivity index (χ4n) is 6.25. The zero-order valence-electron chi connectivity index (χ0n) is 22.9. The monoisotopic (exact) mass is 534 g/mol. The predicted octanol–water partition coefficient (Wildman–Crippen LogP) is 10.6. The summed E-state index contributed by atoms with van der Waals surface area (Å²) >= 11 is 0. The molecule has 0 spiro atoms. The van der Waals surface area contributed by atoms with E-state index < -0.39 is 0 Å². The van der Waals surface area contributed by atoms with Crippen LogP contribution in [0.3, 0.4) is 0 Å². The summed E-state index contributed by atoms with van der Waals surface area (Å²) in [6.45, 7) is 0. The second kappa shape index (κ2) is 10.1. The van der Waals surface area contributed by atoms with E-state index in [0.717, 1.165) is 27.8 Å². The summed E-state index contributed by atoms with van der Waals surface area (Å²) in [5.41, 5.74) is 9.20. The van der Waals surface area contributed by atoms with Crippen molar-refractivity contribution in [2.75, 3.05) is 0 Å². The molecule has 8 aromatic rings. The minimum absolute atomic E-state index is 1.09. The second-order valence-electron chi connectivity index (χ2n) is 10.7. The number of hydrogen-bond acceptors (Lipinski definition) is 2. The minimum atomic E-state index is 1.09. The Balaban J connectivity index is 1.36. The first-order valence-corrected chi connectivity index (χ1v) is 14.2. The van der Waals surface area contributed by atoms with Crippen molar-refractivity contribution in [3.63, 3.8) is 0 Å². The van der Waals surface area contributed by atoms with Crippen molar-refractivity contribution in [3.05, 3.63) is 158 Å². The summed E-state index contributed by atoms with van der Waals surface area (Å²) in [5.74, 6) is 0. The van der Waals surface area contributed by atoms with E-state index in [2.05, 4.69) is 131 Å². The molecule has 0 saturated heterocycles. The zero-order chi connectivity index (χ0) is 27.9. The third-order valence-corrected chi connectivity index (χ3v) is 8.22. The van der Waals surface area contributed by atoms with Crippen LogP contribution in [0, 0.1) is 0 Å². The second-order valence-corrected chi connectivity index (χ2v) is 10.7. The Morgan fingerprint density at radius 1 is 0.286 bits per heavy atom. The molecule has 2 heteroatoms. The normalized spacial score (nSPS) is 11.3. The molecule has 0 fully saturated rings. The topological polar surface area (TPSA) is 25.8 Å². The molecule has 6 aromatic carbocycles. The molecule has 2 nitrogen and oxygen atoms in total. The van der Waals surface area contributed by atoms with Gasteiger partial charge in [0.05, 0.1) is 0 Å². The van der Waals surface area contributed by atoms with Crippen LogP contribution in [0.4, 0.5) is 0 Å². The Labute approximate surface area is 244 Å². The van der Waals surface area contributed by atoms with Gasteiger partial charge in [0.15, 0.2) is 0 Å². The summed E-state index contributed by atoms with van der Waals surface area (Å²) in [6.07, 6.45) is 7.49. The standard InChI is InChI=1S/C40H26N2/c1-2-12-34(32-22-30(28-9-7-19-41-25-28)21-31(23-32)29-10-8-20-42-26-29)33(11-1)27-17-18-39-37-15-4-3-13-35(37)36-14-5-6-16-38(36)40(39)24-27/h1-26H. The minimum Gasteiger partial charge on any atom is -0.264 e. The molecule has 42 heavy (non-hydrogen) atoms. The van der Waals surface area contributed by atoms with Gasteiger partial charge in [-0.25, -0.2) is 0 Å². The van der Waals surface area contributed by atoms with Crippen molar-refractivity contribution in [1.82, 2.24) is 9.97 Å². The summed E-state index contributed by atoms with van der Waals surface area (Å²) < 4.78 is 0. The summed E-state index contributed by atoms with van der Waals surface area (Å²) in [4.78, 5) is 8.79. The number of nitrogens with zero attached hydrogens (tertiary/aromatic N) is 2. The van der Waals surface area contributed by atoms with Crippen molar-refractivity contribution in [1.29, 1.82) is 0 Å². The van der Waals surface area contributed by atoms with Crippen molar-refractivity contribution in [3.8, 4) is 44.5 Å². The fraction of sp³-hybridized carbons (Fsp3) is 0. The molecule has 0 atom stereocenters. The van der Waals surface area contributed by atoms with Crippen molar-refractivity contribution < 1.29 is 0 Å². The highest BCUT2D eigenvalue weighted by Gasteiger charge is 2.14. The van der Waals surface area contributed by atoms with Gasteiger partial charge < -0.3 is 0 Å². The summed E-state index contributed by atoms with van der Waals surface area (Å²) in [7, 11) is 0. The van der Waals surface area contributed by atoms with Gasteiger partial charge in [-0.15, -0.1) is 0 Å². The average Bonchev–Trinajstić information content (AvgIpc) is 3.09. The van der Waals surface area contributed by atoms with E-state index in [-0.39, 0.29) is 0 Å². The molecule has 0 amide bonds. The van der Waals surface area contributed by atoms with E-state index >= 15 is 0 Å². The highest BCUT2D eigenvalue weighted by molar-refractivity contribution is 6.25. The quantitative estimate of drug-likeness (QED) is 0.210. The molecular weight excluding hydrogens is 508 g/mol. The molecule has 0 saturated carbocycles. The van der Waals surface area contributed by atoms with Crippen molar-refractivity contribution in [2.45, 2.75) is 0 Å². The Morgan fingerprint density at radius 3 is 1.26 bits per heavy atom. The molecule has 8 rings (SSSR count). The first-order valence-electron chi connectivity index (χ1n) is 14.2. The number of benzene rings is 6. The smallest absolute Gasteiger partial charge is 0.0346 e. The lowest BCUT2D eigenvalue weighted by molar-refractivity contribution is 1.32. The number of aromatic nitrogens is 2. The molecule has 0 N–H and O–H groups in total. The van der Waals surface area contributed by atoms with Crippen LogP contribution in [0.5, 0.6) is 0 Å². The summed E-state index contributed by atoms with van der Waals surface area (Å²) in [6, 6.07) is 48.2. The van der Waals surface area contributed by atoms with Gasteiger partial charge in [0.25, 0.3) is 0 Å². The number of rotatable bonds is 4. The van der Waals surface area contributed by atoms with Gasteiger partial charge in [0.1, 0.15) is 0 Å². The number of fused-ring (bicyclic) bond motifs is 6. The van der Waals surface area contributed by atoms with Gasteiger partial charge in [-0.1, -0.05) is 97.1 Å². The zero-order valence-corrected chi connectivity index (χ0v) is 22.9. The van der Waals surface area contributed by atoms with Gasteiger partial charge in [-0.05, 0) is 102 Å². The van der Waals surface area contributed by atoms with E-state index in [1.807, 2.05) is 36.9 Å². The maximum Gasteiger partial charge on any atom is 0.0346 e. The van der Waals surface area contributed by atoms with Crippen LogP contribution in [0.25, 0.3) is 76.8 Å². The summed E-state index contributed by atoms with van der Waals surface area (Å²) in [5, 5.41) is 7.71. The van der Waals surface area contributed by atoms with Crippen molar-refractivity contribution in [2.24, 2.45) is 0 Å². The number of hydrogen-bond donors (Lipinski definition) is 0. The van der Waals surface area contributed by atoms with E-state index in [1.54, 1.807) is 0 Å². The molecule has 0 unspecified atom stereocenters. The lowest BCUT2D eigenvalue weighted by Gasteiger charge is -2.16. The molecule has 2 aromatic heterocycles. The third kappa shape index (κ3) is 4.13. The van der Waals surface area contributed by atoms with Crippen LogP contribution in [-0.4, -0.2) is 9.97 Å². The molecule has 0 radical (unpaired) electrons. The molecule has 0 bridgehead atoms. The predicted molar refractivity (Wildman–Crippen MR) is 176 cm³/mol. The third-order valence-electron chi connectivity index (χ3n) is 8.22. The van der Waals surface area contributed by atoms with Gasteiger partial charge in [-0.3, -0.25) is 9.97 Å². The van der Waals surface area contributed by atoms with Gasteiger partial charge in [-0.2, -0.15) is 0 Å². The largest absolute Gasteiger partial charge is 0.264 e. The highest BCUT2D eigenvalue weighted by Crippen LogP contribution is 2.40. The lowest BCUT2D eigenvalue weighted by Crippen LogP contribution is -1.90. The molecule has 0 aliphatic heterocycles. The fourth-order valence-corrected chi connectivity index (χ4v) is 6.25. The molecule has 2 heterocycles. The molecular formula is C40H26N2. The Kier molecular flexibility index (Phi) is 5.82. The maximum atomic E-state index is 4.39. The van der Waals surface area contributed by atoms with Gasteiger partial charge in [0, 0.05) is 35.9 Å². The Hall–Kier alpha value is -5.60. The maximum absolute atomic E-state index is 4.39. The van der Waals surface area contributed by atoms with Crippen LogP contribution in [0.1, 0.15) is 0 Å². The van der Waals surface area contributed by atoms with Crippen LogP contribution in [-0.2, 0) is 0 Å². The Morgan fingerprint density at radius 2 is 0.738 bits per heavy atom. The van der Waals surface area contributed by atoms with Gasteiger partial charge >= 0.3 is 0 Å². The van der Waals surface area contributed by atoms with Crippen LogP contribution >= 0.6 is 0 Å². The van der Waals surface area contributed by atoms with Crippen LogP contribution in [0.2, 0.25) is 0 Å². The van der Waals surface area contributed by atoms with E-state index in [4.69, 9.17) is 0 Å². The lowest BCUT2D eigenvalue weighted by atomic mass is 9.88. The highest BCUT2D eigenvalue weighted by atomic mass is 14.6. The van der Waals surface area contributed by atoms with Crippen LogP contribution < -0.4 is 0 Å². The molecule has 0 aliphatic rings. The van der Waals surface area contributed by atoms with Gasteiger partial charge in [0.2, 0.25) is 0 Å². The Bertz CT molecular complexity index is 2140. The van der Waals surface area contributed by atoms with Crippen molar-refractivity contribution >= 4 is 32.3 Å². The SMILES string of the molecule is c1cncc(-c2cc(-c3cccnc3)cc(-c3ccccc3-c3ccc4c5ccccc5c5ccccc5c4c3)c2)c1. The number of pyridine rings is 2. The molecule has 0 aliphatic carbocycles. The van der Waals surface area contributed by atoms with Crippen LogP contribution in [0.15, 0.2) is 158 Å². The first kappa shape index (κ1) is 24.2. The van der Waals surface area contributed by atoms with E-state index in [9.17, 15) is 0 Å². The average molecular weight is 535 g/mol. The molecule has 196 valence electrons. The first-order chi connectivity index (χ1) is 20.8.